The maximum atomic E-state index is 9.66. The van der Waals surface area contributed by atoms with Crippen LogP contribution in [-0.2, 0) is 0 Å². The third kappa shape index (κ3) is 2.94. The average Bonchev–Trinajstić information content (AvgIpc) is 2.73. The molecule has 130 valence electrons. The first-order valence-corrected chi connectivity index (χ1v) is 8.39. The summed E-state index contributed by atoms with van der Waals surface area (Å²) in [6.45, 7) is 0. The van der Waals surface area contributed by atoms with E-state index < -0.39 is 0 Å². The molecule has 0 saturated heterocycles. The fourth-order valence-corrected chi connectivity index (χ4v) is 3.14. The van der Waals surface area contributed by atoms with Crippen LogP contribution < -0.4 is 10.5 Å². The number of ether oxygens (including phenoxy) is 1. The highest BCUT2D eigenvalue weighted by Gasteiger charge is 2.15. The molecule has 0 atom stereocenters. The lowest BCUT2D eigenvalue weighted by atomic mass is 9.96. The van der Waals surface area contributed by atoms with Crippen molar-refractivity contribution in [2.45, 2.75) is 0 Å². The molecule has 2 aromatic carbocycles. The first-order chi connectivity index (χ1) is 13.2. The van der Waals surface area contributed by atoms with Crippen LogP contribution in [-0.4, -0.2) is 17.1 Å². The Kier molecular flexibility index (Phi) is 4.15. The maximum Gasteiger partial charge on any atom is 0.142 e. The van der Waals surface area contributed by atoms with E-state index in [1.165, 1.54) is 0 Å². The monoisotopic (exact) mass is 352 g/mol. The number of nitriles is 1. The maximum absolute atomic E-state index is 9.66. The molecule has 0 radical (unpaired) electrons. The number of pyridine rings is 2. The Morgan fingerprint density at radius 1 is 1.00 bits per heavy atom. The number of nitrogen functional groups attached to an aromatic ring is 1. The lowest BCUT2D eigenvalue weighted by Gasteiger charge is -2.12. The van der Waals surface area contributed by atoms with Crippen LogP contribution in [0.1, 0.15) is 5.56 Å². The Morgan fingerprint density at radius 2 is 1.78 bits per heavy atom. The smallest absolute Gasteiger partial charge is 0.142 e. The van der Waals surface area contributed by atoms with Crippen LogP contribution in [0.4, 0.5) is 5.82 Å². The normalized spacial score (nSPS) is 10.5. The van der Waals surface area contributed by atoms with E-state index in [0.717, 1.165) is 33.2 Å². The SMILES string of the molecule is COc1ccc(-c2cc(-c3cncc4ccccc34)c(C#N)c(N)n2)cc1. The molecule has 0 bridgehead atoms. The Morgan fingerprint density at radius 3 is 2.52 bits per heavy atom. The number of aromatic nitrogens is 2. The molecule has 27 heavy (non-hydrogen) atoms. The summed E-state index contributed by atoms with van der Waals surface area (Å²) in [5.74, 6) is 0.965. The number of rotatable bonds is 3. The van der Waals surface area contributed by atoms with E-state index >= 15 is 0 Å². The zero-order valence-electron chi connectivity index (χ0n) is 14.7. The molecule has 0 unspecified atom stereocenters. The number of nitrogens with zero attached hydrogens (tertiary/aromatic N) is 3. The van der Waals surface area contributed by atoms with Crippen molar-refractivity contribution >= 4 is 16.6 Å². The van der Waals surface area contributed by atoms with Gasteiger partial charge in [-0.3, -0.25) is 4.98 Å². The van der Waals surface area contributed by atoms with Crippen molar-refractivity contribution < 1.29 is 4.74 Å². The van der Waals surface area contributed by atoms with Gasteiger partial charge < -0.3 is 10.5 Å². The summed E-state index contributed by atoms with van der Waals surface area (Å²) >= 11 is 0. The van der Waals surface area contributed by atoms with Crippen LogP contribution in [0, 0.1) is 11.3 Å². The lowest BCUT2D eigenvalue weighted by molar-refractivity contribution is 0.415. The van der Waals surface area contributed by atoms with Crippen molar-refractivity contribution in [1.82, 2.24) is 9.97 Å². The van der Waals surface area contributed by atoms with Gasteiger partial charge in [-0.25, -0.2) is 4.98 Å². The molecule has 4 aromatic rings. The van der Waals surface area contributed by atoms with Crippen LogP contribution in [0.2, 0.25) is 0 Å². The summed E-state index contributed by atoms with van der Waals surface area (Å²) < 4.78 is 5.21. The van der Waals surface area contributed by atoms with Gasteiger partial charge in [0.15, 0.2) is 0 Å². The van der Waals surface area contributed by atoms with Crippen molar-refractivity contribution in [2.75, 3.05) is 12.8 Å². The van der Waals surface area contributed by atoms with Gasteiger partial charge in [-0.15, -0.1) is 0 Å². The minimum absolute atomic E-state index is 0.203. The second-order valence-electron chi connectivity index (χ2n) is 6.06. The Bertz CT molecular complexity index is 1170. The van der Waals surface area contributed by atoms with Crippen molar-refractivity contribution in [3.63, 3.8) is 0 Å². The highest BCUT2D eigenvalue weighted by atomic mass is 16.5. The summed E-state index contributed by atoms with van der Waals surface area (Å²) in [5, 5.41) is 11.7. The topological polar surface area (TPSA) is 84.8 Å². The number of nitrogens with two attached hydrogens (primary N) is 1. The van der Waals surface area contributed by atoms with E-state index in [4.69, 9.17) is 10.5 Å². The summed E-state index contributed by atoms with van der Waals surface area (Å²) in [6.07, 6.45) is 3.57. The molecule has 0 spiro atoms. The van der Waals surface area contributed by atoms with Gasteiger partial charge in [-0.05, 0) is 35.7 Å². The number of anilines is 1. The molecule has 0 aliphatic carbocycles. The minimum Gasteiger partial charge on any atom is -0.497 e. The first kappa shape index (κ1) is 16.6. The second-order valence-corrected chi connectivity index (χ2v) is 6.06. The zero-order chi connectivity index (χ0) is 18.8. The molecule has 5 nitrogen and oxygen atoms in total. The summed E-state index contributed by atoms with van der Waals surface area (Å²) in [7, 11) is 1.62. The number of methoxy groups -OCH3 is 1. The number of fused-ring (bicyclic) bond motifs is 1. The average molecular weight is 352 g/mol. The molecular weight excluding hydrogens is 336 g/mol. The number of hydrogen-bond acceptors (Lipinski definition) is 5. The van der Waals surface area contributed by atoms with Crippen LogP contribution in [0.3, 0.4) is 0 Å². The van der Waals surface area contributed by atoms with Crippen LogP contribution in [0.5, 0.6) is 5.75 Å². The van der Waals surface area contributed by atoms with Crippen LogP contribution >= 0.6 is 0 Å². The molecule has 0 saturated carbocycles. The summed E-state index contributed by atoms with van der Waals surface area (Å²) in [5.41, 5.74) is 9.64. The predicted molar refractivity (Wildman–Crippen MR) is 106 cm³/mol. The number of hydrogen-bond donors (Lipinski definition) is 1. The largest absolute Gasteiger partial charge is 0.497 e. The molecule has 4 rings (SSSR count). The van der Waals surface area contributed by atoms with Crippen LogP contribution in [0.15, 0.2) is 67.0 Å². The van der Waals surface area contributed by atoms with Gasteiger partial charge in [0.2, 0.25) is 0 Å². The summed E-state index contributed by atoms with van der Waals surface area (Å²) in [4.78, 5) is 8.76. The molecule has 0 aliphatic rings. The molecular formula is C22H16N4O. The Balaban J connectivity index is 1.96. The van der Waals surface area contributed by atoms with Crippen molar-refractivity contribution in [3.8, 4) is 34.2 Å². The van der Waals surface area contributed by atoms with Gasteiger partial charge in [-0.1, -0.05) is 24.3 Å². The molecule has 2 heterocycles. The van der Waals surface area contributed by atoms with E-state index in [9.17, 15) is 5.26 Å². The molecule has 0 fully saturated rings. The van der Waals surface area contributed by atoms with Gasteiger partial charge >= 0.3 is 0 Å². The number of benzene rings is 2. The summed E-state index contributed by atoms with van der Waals surface area (Å²) in [6, 6.07) is 19.6. The fourth-order valence-electron chi connectivity index (χ4n) is 3.14. The van der Waals surface area contributed by atoms with Gasteiger partial charge in [0.1, 0.15) is 23.2 Å². The molecule has 0 amide bonds. The Hall–Kier alpha value is -3.91. The third-order valence-electron chi connectivity index (χ3n) is 4.50. The van der Waals surface area contributed by atoms with E-state index in [0.29, 0.717) is 11.3 Å². The highest BCUT2D eigenvalue weighted by molar-refractivity contribution is 5.98. The first-order valence-electron chi connectivity index (χ1n) is 8.39. The van der Waals surface area contributed by atoms with Crippen molar-refractivity contribution in [3.05, 3.63) is 72.6 Å². The quantitative estimate of drug-likeness (QED) is 0.590. The second kappa shape index (κ2) is 6.77. The highest BCUT2D eigenvalue weighted by Crippen LogP contribution is 2.35. The lowest BCUT2D eigenvalue weighted by Crippen LogP contribution is -2.00. The van der Waals surface area contributed by atoms with Crippen molar-refractivity contribution in [1.29, 1.82) is 5.26 Å². The van der Waals surface area contributed by atoms with Crippen LogP contribution in [0.25, 0.3) is 33.2 Å². The van der Waals surface area contributed by atoms with E-state index in [1.54, 1.807) is 19.5 Å². The van der Waals surface area contributed by atoms with Gasteiger partial charge in [0.25, 0.3) is 0 Å². The minimum atomic E-state index is 0.203. The van der Waals surface area contributed by atoms with E-state index in [1.807, 2.05) is 54.6 Å². The van der Waals surface area contributed by atoms with Crippen molar-refractivity contribution in [2.24, 2.45) is 0 Å². The standard InChI is InChI=1S/C22H16N4O/c1-27-16-8-6-14(7-9-16)21-10-18(19(11-23)22(24)26-21)20-13-25-12-15-4-2-3-5-17(15)20/h2-10,12-13H,1H3,(H2,24,26). The molecule has 2 N–H and O–H groups in total. The Labute approximate surface area is 156 Å². The van der Waals surface area contributed by atoms with E-state index in [2.05, 4.69) is 16.0 Å². The van der Waals surface area contributed by atoms with Gasteiger partial charge in [-0.2, -0.15) is 5.26 Å². The fraction of sp³-hybridized carbons (Fsp3) is 0.0455. The predicted octanol–water partition coefficient (Wildman–Crippen LogP) is 4.43. The zero-order valence-corrected chi connectivity index (χ0v) is 14.7. The van der Waals surface area contributed by atoms with Gasteiger partial charge in [0.05, 0.1) is 12.8 Å². The molecule has 0 aliphatic heterocycles. The van der Waals surface area contributed by atoms with Gasteiger partial charge in [0, 0.05) is 34.5 Å². The molecule has 5 heteroatoms. The molecule has 2 aromatic heterocycles. The van der Waals surface area contributed by atoms with E-state index in [-0.39, 0.29) is 5.82 Å². The third-order valence-corrected chi connectivity index (χ3v) is 4.50.